The number of aliphatic hydroxyl groups is 1. The lowest BCUT2D eigenvalue weighted by atomic mass is 9.87. The van der Waals surface area contributed by atoms with Crippen LogP contribution >= 0.6 is 11.6 Å². The Kier molecular flexibility index (Phi) is 12.0. The molecule has 4 amide bonds. The minimum absolute atomic E-state index is 0.0194. The SMILES string of the molecule is Cn1nc(C2CCC(=O)NC2=O)c2ccc(C3CCN(C(=O)CN4CCC(O)(C(=O)N5CCC(Nc6ncc(Cl)c(-c7cccc(-c8ccc(F)cc8)c7)n6)CC5)CC4)CC3)cc21. The van der Waals surface area contributed by atoms with Crippen molar-refractivity contribution in [2.24, 2.45) is 7.05 Å². The maximum atomic E-state index is 13.7. The first kappa shape index (κ1) is 42.5. The lowest BCUT2D eigenvalue weighted by molar-refractivity contribution is -0.157. The molecule has 4 aliphatic heterocycles. The van der Waals surface area contributed by atoms with Gasteiger partial charge in [-0.05, 0) is 91.8 Å². The molecule has 0 bridgehead atoms. The van der Waals surface area contributed by atoms with Crippen molar-refractivity contribution < 1.29 is 28.7 Å². The van der Waals surface area contributed by atoms with Crippen LogP contribution < -0.4 is 10.6 Å². The second kappa shape index (κ2) is 17.8. The highest BCUT2D eigenvalue weighted by Gasteiger charge is 2.43. The van der Waals surface area contributed by atoms with Gasteiger partial charge < -0.3 is 20.2 Å². The number of carbonyl (C=O) groups is 4. The van der Waals surface area contributed by atoms with E-state index in [9.17, 15) is 28.7 Å². The Morgan fingerprint density at radius 3 is 2.33 bits per heavy atom. The number of nitrogens with one attached hydrogen (secondary N) is 2. The molecule has 9 rings (SSSR count). The lowest BCUT2D eigenvalue weighted by Crippen LogP contribution is -2.57. The molecule has 6 heterocycles. The minimum Gasteiger partial charge on any atom is -0.380 e. The highest BCUT2D eigenvalue weighted by Crippen LogP contribution is 2.36. The molecule has 63 heavy (non-hydrogen) atoms. The molecule has 5 aromatic rings. The first-order chi connectivity index (χ1) is 30.4. The van der Waals surface area contributed by atoms with E-state index < -0.39 is 11.5 Å². The van der Waals surface area contributed by atoms with Gasteiger partial charge in [0, 0.05) is 69.7 Å². The van der Waals surface area contributed by atoms with Crippen LogP contribution in [-0.4, -0.2) is 121 Å². The molecule has 0 aliphatic carbocycles. The summed E-state index contributed by atoms with van der Waals surface area (Å²) >= 11 is 6.56. The summed E-state index contributed by atoms with van der Waals surface area (Å²) in [6, 6.07) is 20.4. The normalized spacial score (nSPS) is 20.2. The third kappa shape index (κ3) is 9.04. The summed E-state index contributed by atoms with van der Waals surface area (Å²) in [5.74, 6) is -0.762. The van der Waals surface area contributed by atoms with E-state index in [1.807, 2.05) is 47.2 Å². The third-order valence-corrected chi connectivity index (χ3v) is 13.7. The summed E-state index contributed by atoms with van der Waals surface area (Å²) < 4.78 is 15.3. The molecular formula is C47H51ClFN9O5. The van der Waals surface area contributed by atoms with E-state index >= 15 is 0 Å². The van der Waals surface area contributed by atoms with E-state index in [1.165, 1.54) is 17.7 Å². The Hall–Kier alpha value is -5.77. The number of hydrogen-bond donors (Lipinski definition) is 3. The van der Waals surface area contributed by atoms with Gasteiger partial charge in [0.25, 0.3) is 5.91 Å². The van der Waals surface area contributed by atoms with Crippen molar-refractivity contribution in [3.05, 3.63) is 95.0 Å². The average molecular weight is 876 g/mol. The monoisotopic (exact) mass is 875 g/mol. The number of halogens is 2. The van der Waals surface area contributed by atoms with Gasteiger partial charge in [-0.15, -0.1) is 0 Å². The number of anilines is 1. The van der Waals surface area contributed by atoms with Crippen LogP contribution in [0.15, 0.2) is 72.9 Å². The zero-order valence-electron chi connectivity index (χ0n) is 35.2. The summed E-state index contributed by atoms with van der Waals surface area (Å²) in [6.45, 7) is 3.42. The highest BCUT2D eigenvalue weighted by atomic mass is 35.5. The van der Waals surface area contributed by atoms with Gasteiger partial charge in [0.2, 0.25) is 23.7 Å². The molecule has 3 aromatic carbocycles. The number of hydrogen-bond acceptors (Lipinski definition) is 10. The van der Waals surface area contributed by atoms with Crippen LogP contribution in [0, 0.1) is 5.82 Å². The molecule has 4 fully saturated rings. The van der Waals surface area contributed by atoms with E-state index in [-0.39, 0.29) is 60.8 Å². The van der Waals surface area contributed by atoms with Crippen LogP contribution in [0.25, 0.3) is 33.3 Å². The van der Waals surface area contributed by atoms with Crippen LogP contribution in [0.3, 0.4) is 0 Å². The molecule has 16 heteroatoms. The maximum Gasteiger partial charge on any atom is 0.254 e. The first-order valence-corrected chi connectivity index (χ1v) is 22.3. The number of fused-ring (bicyclic) bond motifs is 1. The zero-order valence-corrected chi connectivity index (χ0v) is 36.0. The number of aryl methyl sites for hydroxylation is 1. The summed E-state index contributed by atoms with van der Waals surface area (Å²) in [5.41, 5.74) is 4.52. The summed E-state index contributed by atoms with van der Waals surface area (Å²) in [6.07, 6.45) is 5.84. The molecule has 1 unspecified atom stereocenters. The fourth-order valence-electron chi connectivity index (χ4n) is 9.65. The maximum absolute atomic E-state index is 13.7. The number of aromatic nitrogens is 4. The van der Waals surface area contributed by atoms with Crippen molar-refractivity contribution in [3.8, 4) is 22.4 Å². The fourth-order valence-corrected chi connectivity index (χ4v) is 9.85. The Morgan fingerprint density at radius 1 is 0.889 bits per heavy atom. The number of amides is 4. The molecular weight excluding hydrogens is 825 g/mol. The van der Waals surface area contributed by atoms with Crippen LogP contribution in [0.1, 0.15) is 74.5 Å². The number of piperidine rings is 4. The Labute approximate surface area is 369 Å². The summed E-state index contributed by atoms with van der Waals surface area (Å²) in [4.78, 5) is 66.3. The number of nitrogens with zero attached hydrogens (tertiary/aromatic N) is 7. The van der Waals surface area contributed by atoms with Crippen molar-refractivity contribution in [1.82, 2.24) is 39.8 Å². The largest absolute Gasteiger partial charge is 0.380 e. The van der Waals surface area contributed by atoms with Gasteiger partial charge in [-0.3, -0.25) is 34.1 Å². The van der Waals surface area contributed by atoms with Crippen LogP contribution in [-0.2, 0) is 26.2 Å². The number of carbonyl (C=O) groups excluding carboxylic acids is 4. The number of imide groups is 1. The standard InChI is InChI=1S/C47H51ClFN9O5/c1-55-39-26-32(7-10-36(39)43(54-55)37-11-12-40(59)52-44(37)61)30-13-19-57(20-14-30)41(60)28-56-23-17-47(63,18-24-56)45(62)58-21-15-35(16-22-58)51-46-50-27-38(48)42(53-46)33-4-2-3-31(25-33)29-5-8-34(49)9-6-29/h2-10,25-27,30,35,37,63H,11-24,28H2,1H3,(H,50,51,53)(H,52,59,61). The summed E-state index contributed by atoms with van der Waals surface area (Å²) in [7, 11) is 1.87. The second-order valence-electron chi connectivity index (χ2n) is 17.4. The molecule has 1 atom stereocenters. The fraction of sp³-hybridized carbons (Fsp3) is 0.426. The molecule has 2 aromatic heterocycles. The van der Waals surface area contributed by atoms with E-state index in [4.69, 9.17) is 16.6 Å². The lowest BCUT2D eigenvalue weighted by Gasteiger charge is -2.42. The molecule has 0 spiro atoms. The molecule has 4 saturated heterocycles. The second-order valence-corrected chi connectivity index (χ2v) is 17.8. The highest BCUT2D eigenvalue weighted by molar-refractivity contribution is 6.33. The van der Waals surface area contributed by atoms with Crippen LogP contribution in [0.2, 0.25) is 5.02 Å². The molecule has 0 radical (unpaired) electrons. The molecule has 0 saturated carbocycles. The first-order valence-electron chi connectivity index (χ1n) is 21.9. The van der Waals surface area contributed by atoms with E-state index in [1.54, 1.807) is 27.9 Å². The van der Waals surface area contributed by atoms with E-state index in [0.29, 0.717) is 87.3 Å². The van der Waals surface area contributed by atoms with Gasteiger partial charge in [0.05, 0.1) is 40.6 Å². The smallest absolute Gasteiger partial charge is 0.254 e. The summed E-state index contributed by atoms with van der Waals surface area (Å²) in [5, 5.41) is 23.4. The van der Waals surface area contributed by atoms with Crippen molar-refractivity contribution >= 4 is 52.1 Å². The van der Waals surface area contributed by atoms with Crippen molar-refractivity contribution in [1.29, 1.82) is 0 Å². The van der Waals surface area contributed by atoms with Gasteiger partial charge in [0.15, 0.2) is 0 Å². The van der Waals surface area contributed by atoms with Gasteiger partial charge in [0.1, 0.15) is 11.4 Å². The number of likely N-dealkylation sites (tertiary alicyclic amines) is 3. The average Bonchev–Trinajstić information content (AvgIpc) is 3.62. The van der Waals surface area contributed by atoms with Crippen LogP contribution in [0.5, 0.6) is 0 Å². The van der Waals surface area contributed by atoms with E-state index in [0.717, 1.165) is 40.4 Å². The quantitative estimate of drug-likeness (QED) is 0.158. The van der Waals surface area contributed by atoms with Gasteiger partial charge >= 0.3 is 0 Å². The number of benzene rings is 3. The predicted molar refractivity (Wildman–Crippen MR) is 236 cm³/mol. The Balaban J connectivity index is 0.727. The molecule has 14 nitrogen and oxygen atoms in total. The Morgan fingerprint density at radius 2 is 1.60 bits per heavy atom. The van der Waals surface area contributed by atoms with Crippen molar-refractivity contribution in [3.63, 3.8) is 0 Å². The van der Waals surface area contributed by atoms with Crippen LogP contribution in [0.4, 0.5) is 10.3 Å². The zero-order chi connectivity index (χ0) is 43.8. The van der Waals surface area contributed by atoms with E-state index in [2.05, 4.69) is 32.8 Å². The minimum atomic E-state index is -1.47. The number of rotatable bonds is 9. The van der Waals surface area contributed by atoms with Gasteiger partial charge in [-0.2, -0.15) is 5.10 Å². The topological polar surface area (TPSA) is 166 Å². The molecule has 4 aliphatic rings. The van der Waals surface area contributed by atoms with Gasteiger partial charge in [-0.25, -0.2) is 14.4 Å². The van der Waals surface area contributed by atoms with Gasteiger partial charge in [-0.1, -0.05) is 54.1 Å². The Bertz CT molecular complexity index is 2540. The third-order valence-electron chi connectivity index (χ3n) is 13.4. The predicted octanol–water partition coefficient (Wildman–Crippen LogP) is 5.65. The molecule has 328 valence electrons. The van der Waals surface area contributed by atoms with Crippen molar-refractivity contribution in [2.45, 2.75) is 74.8 Å². The van der Waals surface area contributed by atoms with Crippen molar-refractivity contribution in [2.75, 3.05) is 51.1 Å². The molecule has 3 N–H and O–H groups in total.